The van der Waals surface area contributed by atoms with E-state index in [0.717, 1.165) is 36.5 Å². The first-order valence-corrected chi connectivity index (χ1v) is 14.9. The first-order valence-electron chi connectivity index (χ1n) is 14.9. The van der Waals surface area contributed by atoms with Gasteiger partial charge in [-0.05, 0) is 84.7 Å². The second kappa shape index (κ2) is 16.8. The van der Waals surface area contributed by atoms with Crippen molar-refractivity contribution < 1.29 is 27.0 Å². The zero-order chi connectivity index (χ0) is 28.0. The van der Waals surface area contributed by atoms with Crippen LogP contribution in [0.5, 0.6) is 11.5 Å². The minimum Gasteiger partial charge on any atom is -0.435 e. The van der Waals surface area contributed by atoms with E-state index < -0.39 is 13.2 Å². The van der Waals surface area contributed by atoms with Crippen LogP contribution in [0.4, 0.5) is 17.6 Å². The fourth-order valence-corrected chi connectivity index (χ4v) is 5.96. The van der Waals surface area contributed by atoms with Crippen LogP contribution >= 0.6 is 0 Å². The minimum absolute atomic E-state index is 0.241. The van der Waals surface area contributed by atoms with Gasteiger partial charge in [0.2, 0.25) is 0 Å². The van der Waals surface area contributed by atoms with Crippen molar-refractivity contribution in [1.82, 2.24) is 0 Å². The predicted octanol–water partition coefficient (Wildman–Crippen LogP) is 10.5. The van der Waals surface area contributed by atoms with Gasteiger partial charge in [0.05, 0.1) is 0 Å². The summed E-state index contributed by atoms with van der Waals surface area (Å²) in [5.41, 5.74) is 2.42. The number of alkyl halides is 4. The van der Waals surface area contributed by atoms with E-state index in [1.54, 1.807) is 24.3 Å². The van der Waals surface area contributed by atoms with Crippen LogP contribution in [-0.2, 0) is 12.8 Å². The highest BCUT2D eigenvalue weighted by Crippen LogP contribution is 2.33. The summed E-state index contributed by atoms with van der Waals surface area (Å²) in [7, 11) is 0. The van der Waals surface area contributed by atoms with Crippen molar-refractivity contribution in [2.75, 3.05) is 0 Å². The lowest BCUT2D eigenvalue weighted by Gasteiger charge is -2.27. The molecule has 0 bridgehead atoms. The zero-order valence-electron chi connectivity index (χ0n) is 23.6. The van der Waals surface area contributed by atoms with Gasteiger partial charge in [-0.15, -0.1) is 0 Å². The maximum Gasteiger partial charge on any atom is 0.387 e. The highest BCUT2D eigenvalue weighted by molar-refractivity contribution is 5.28. The molecule has 2 aromatic carbocycles. The third kappa shape index (κ3) is 12.2. The number of benzene rings is 2. The number of hydrogen-bond acceptors (Lipinski definition) is 2. The lowest BCUT2D eigenvalue weighted by atomic mass is 9.78. The number of halogens is 4. The van der Waals surface area contributed by atoms with E-state index in [1.165, 1.54) is 81.8 Å². The molecule has 218 valence electrons. The number of ether oxygens (including phenoxy) is 2. The molecule has 0 unspecified atom stereocenters. The normalized spacial score (nSPS) is 23.3. The van der Waals surface area contributed by atoms with Crippen LogP contribution in [0, 0.1) is 23.7 Å². The quantitative estimate of drug-likeness (QED) is 0.259. The van der Waals surface area contributed by atoms with Gasteiger partial charge < -0.3 is 9.47 Å². The van der Waals surface area contributed by atoms with Gasteiger partial charge in [-0.25, -0.2) is 0 Å². The van der Waals surface area contributed by atoms with E-state index in [4.69, 9.17) is 0 Å². The molecule has 0 aromatic heterocycles. The van der Waals surface area contributed by atoms with E-state index in [-0.39, 0.29) is 11.5 Å². The average molecular weight is 551 g/mol. The second-order valence-electron chi connectivity index (χ2n) is 11.5. The minimum atomic E-state index is -2.74. The van der Waals surface area contributed by atoms with Gasteiger partial charge in [-0.2, -0.15) is 17.6 Å². The summed E-state index contributed by atoms with van der Waals surface area (Å²) in [5.74, 6) is 4.00. The molecule has 2 fully saturated rings. The molecule has 2 saturated carbocycles. The summed E-state index contributed by atoms with van der Waals surface area (Å²) in [6, 6.07) is 14.1. The fraction of sp³-hybridized carbons (Fsp3) is 0.636. The summed E-state index contributed by atoms with van der Waals surface area (Å²) in [4.78, 5) is 0. The topological polar surface area (TPSA) is 18.5 Å². The third-order valence-corrected chi connectivity index (χ3v) is 8.66. The van der Waals surface area contributed by atoms with Crippen molar-refractivity contribution in [3.05, 3.63) is 59.7 Å². The standard InChI is InChI=1S/C17H24F2O.C16H22F2O/c1-2-13-3-5-14(6-4-13)7-8-15-9-11-16(12-10-15)20-17(18)19;1-12-2-4-13(5-3-12)6-7-14-8-10-15(11-9-14)19-16(17)18/h9-14,17H,2-8H2,1H3;8-13,16H,2-7H2,1H3. The SMILES string of the molecule is CC1CCC(CCc2ccc(OC(F)F)cc2)CC1.CCC1CCC(CCc2ccc(OC(F)F)cc2)CC1. The van der Waals surface area contributed by atoms with Gasteiger partial charge in [0, 0.05) is 0 Å². The number of aryl methyl sites for hydroxylation is 2. The first kappa shape index (κ1) is 31.3. The van der Waals surface area contributed by atoms with Crippen LogP contribution in [0.25, 0.3) is 0 Å². The molecule has 0 aliphatic heterocycles. The zero-order valence-corrected chi connectivity index (χ0v) is 23.6. The predicted molar refractivity (Wildman–Crippen MR) is 150 cm³/mol. The van der Waals surface area contributed by atoms with E-state index in [1.807, 2.05) is 24.3 Å². The summed E-state index contributed by atoms with van der Waals surface area (Å²) in [6.07, 6.45) is 16.7. The van der Waals surface area contributed by atoms with Gasteiger partial charge in [0.1, 0.15) is 11.5 Å². The molecule has 0 radical (unpaired) electrons. The van der Waals surface area contributed by atoms with Crippen molar-refractivity contribution >= 4 is 0 Å². The molecule has 2 aliphatic rings. The summed E-state index contributed by atoms with van der Waals surface area (Å²) in [6.45, 7) is -0.865. The molecule has 2 aliphatic carbocycles. The molecular formula is C33H46F4O2. The molecule has 0 atom stereocenters. The smallest absolute Gasteiger partial charge is 0.387 e. The van der Waals surface area contributed by atoms with Gasteiger partial charge in [0.15, 0.2) is 0 Å². The van der Waals surface area contributed by atoms with E-state index in [2.05, 4.69) is 23.3 Å². The Kier molecular flexibility index (Phi) is 13.5. The molecule has 39 heavy (non-hydrogen) atoms. The lowest BCUT2D eigenvalue weighted by Crippen LogP contribution is -2.14. The Morgan fingerprint density at radius 2 is 0.949 bits per heavy atom. The van der Waals surface area contributed by atoms with Crippen LogP contribution in [-0.4, -0.2) is 13.2 Å². The van der Waals surface area contributed by atoms with Gasteiger partial charge >= 0.3 is 13.2 Å². The molecular weight excluding hydrogens is 504 g/mol. The molecule has 2 aromatic rings. The molecule has 0 spiro atoms. The van der Waals surface area contributed by atoms with Crippen molar-refractivity contribution in [1.29, 1.82) is 0 Å². The van der Waals surface area contributed by atoms with Crippen LogP contribution in [0.1, 0.15) is 95.6 Å². The highest BCUT2D eigenvalue weighted by atomic mass is 19.3. The Bertz CT molecular complexity index is 900. The lowest BCUT2D eigenvalue weighted by molar-refractivity contribution is -0.0505. The number of hydrogen-bond donors (Lipinski definition) is 0. The van der Waals surface area contributed by atoms with E-state index in [0.29, 0.717) is 0 Å². The molecule has 6 heteroatoms. The Balaban J connectivity index is 0.000000216. The Hall–Kier alpha value is -2.24. The maximum absolute atomic E-state index is 12.1. The monoisotopic (exact) mass is 550 g/mol. The Morgan fingerprint density at radius 1 is 0.590 bits per heavy atom. The largest absolute Gasteiger partial charge is 0.435 e. The number of rotatable bonds is 11. The summed E-state index contributed by atoms with van der Waals surface area (Å²) >= 11 is 0. The van der Waals surface area contributed by atoms with Crippen molar-refractivity contribution in [2.45, 2.75) is 111 Å². The van der Waals surface area contributed by atoms with Crippen molar-refractivity contribution in [3.63, 3.8) is 0 Å². The Labute approximate surface area is 232 Å². The second-order valence-corrected chi connectivity index (χ2v) is 11.5. The third-order valence-electron chi connectivity index (χ3n) is 8.66. The van der Waals surface area contributed by atoms with Crippen LogP contribution in [0.15, 0.2) is 48.5 Å². The van der Waals surface area contributed by atoms with Crippen LogP contribution in [0.3, 0.4) is 0 Å². The Morgan fingerprint density at radius 3 is 1.31 bits per heavy atom. The summed E-state index contributed by atoms with van der Waals surface area (Å²) < 4.78 is 56.8. The van der Waals surface area contributed by atoms with E-state index >= 15 is 0 Å². The van der Waals surface area contributed by atoms with Crippen molar-refractivity contribution in [2.24, 2.45) is 23.7 Å². The maximum atomic E-state index is 12.1. The molecule has 0 amide bonds. The van der Waals surface area contributed by atoms with Crippen LogP contribution in [0.2, 0.25) is 0 Å². The molecule has 0 saturated heterocycles. The molecule has 0 N–H and O–H groups in total. The highest BCUT2D eigenvalue weighted by Gasteiger charge is 2.20. The molecule has 4 rings (SSSR count). The molecule has 2 nitrogen and oxygen atoms in total. The van der Waals surface area contributed by atoms with Crippen molar-refractivity contribution in [3.8, 4) is 11.5 Å². The van der Waals surface area contributed by atoms with E-state index in [9.17, 15) is 17.6 Å². The first-order chi connectivity index (χ1) is 18.8. The average Bonchev–Trinajstić information content (AvgIpc) is 2.93. The van der Waals surface area contributed by atoms with Gasteiger partial charge in [0.25, 0.3) is 0 Å². The summed E-state index contributed by atoms with van der Waals surface area (Å²) in [5, 5.41) is 0. The molecule has 0 heterocycles. The van der Waals surface area contributed by atoms with Gasteiger partial charge in [-0.3, -0.25) is 0 Å². The van der Waals surface area contributed by atoms with Gasteiger partial charge in [-0.1, -0.05) is 95.9 Å². The van der Waals surface area contributed by atoms with Crippen LogP contribution < -0.4 is 9.47 Å². The fourth-order valence-electron chi connectivity index (χ4n) is 5.96.